The Kier molecular flexibility index (Phi) is 7.17. The highest BCUT2D eigenvalue weighted by Crippen LogP contribution is 2.25. The van der Waals surface area contributed by atoms with E-state index >= 15 is 0 Å². The van der Waals surface area contributed by atoms with Crippen LogP contribution in [-0.2, 0) is 9.59 Å². The molecule has 0 bridgehead atoms. The molecule has 168 valence electrons. The molecule has 3 aromatic rings. The average molecular weight is 442 g/mol. The van der Waals surface area contributed by atoms with E-state index in [1.165, 1.54) is 11.0 Å². The number of anilines is 1. The smallest absolute Gasteiger partial charge is 0.251 e. The van der Waals surface area contributed by atoms with Crippen LogP contribution in [0.15, 0.2) is 91.0 Å². The maximum atomic E-state index is 13.1. The number of carbonyl (C=O) groups is 2. The van der Waals surface area contributed by atoms with Gasteiger partial charge in [-0.3, -0.25) is 14.5 Å². The van der Waals surface area contributed by atoms with Crippen molar-refractivity contribution in [1.29, 1.82) is 0 Å². The molecule has 0 aromatic heterocycles. The van der Waals surface area contributed by atoms with Gasteiger partial charge in [0.15, 0.2) is 0 Å². The van der Waals surface area contributed by atoms with Crippen molar-refractivity contribution in [3.05, 3.63) is 96.6 Å². The molecule has 1 aliphatic rings. The van der Waals surface area contributed by atoms with Crippen molar-refractivity contribution in [2.45, 2.75) is 12.5 Å². The summed E-state index contributed by atoms with van der Waals surface area (Å²) in [5.41, 5.74) is 7.49. The van der Waals surface area contributed by atoms with Gasteiger partial charge in [-0.15, -0.1) is 0 Å². The van der Waals surface area contributed by atoms with Crippen LogP contribution in [0.3, 0.4) is 0 Å². The normalized spacial score (nSPS) is 15.5. The minimum Gasteiger partial charge on any atom is -0.457 e. The van der Waals surface area contributed by atoms with Crippen LogP contribution < -0.4 is 15.4 Å². The summed E-state index contributed by atoms with van der Waals surface area (Å²) in [4.78, 5) is 29.2. The third-order valence-electron chi connectivity index (χ3n) is 5.48. The number of para-hydroxylation sites is 1. The number of ether oxygens (including phenoxy) is 1. The summed E-state index contributed by atoms with van der Waals surface area (Å²) in [7, 11) is 0. The Labute approximate surface area is 193 Å². The first-order valence-corrected chi connectivity index (χ1v) is 11.0. The number of benzene rings is 3. The van der Waals surface area contributed by atoms with Crippen molar-refractivity contribution in [1.82, 2.24) is 4.90 Å². The van der Waals surface area contributed by atoms with Gasteiger partial charge < -0.3 is 15.4 Å². The molecule has 6 nitrogen and oxygen atoms in total. The molecular weight excluding hydrogens is 414 g/mol. The van der Waals surface area contributed by atoms with Crippen molar-refractivity contribution in [3.63, 3.8) is 0 Å². The summed E-state index contributed by atoms with van der Waals surface area (Å²) in [6.07, 6.45) is 4.02. The van der Waals surface area contributed by atoms with E-state index in [4.69, 9.17) is 10.5 Å². The summed E-state index contributed by atoms with van der Waals surface area (Å²) >= 11 is 0. The van der Waals surface area contributed by atoms with E-state index in [0.717, 1.165) is 17.7 Å². The third-order valence-corrected chi connectivity index (χ3v) is 5.48. The van der Waals surface area contributed by atoms with Gasteiger partial charge in [0.25, 0.3) is 5.91 Å². The zero-order valence-corrected chi connectivity index (χ0v) is 18.3. The minimum atomic E-state index is -0.271. The Bertz CT molecular complexity index is 1100. The molecule has 3 aromatic carbocycles. The van der Waals surface area contributed by atoms with Crippen LogP contribution in [0.25, 0.3) is 6.08 Å². The molecule has 2 amide bonds. The third kappa shape index (κ3) is 6.08. The summed E-state index contributed by atoms with van der Waals surface area (Å²) < 4.78 is 5.85. The van der Waals surface area contributed by atoms with E-state index in [1.807, 2.05) is 60.7 Å². The molecular formula is C27H27N3O3. The highest BCUT2D eigenvalue weighted by Gasteiger charge is 2.26. The maximum absolute atomic E-state index is 13.1. The Morgan fingerprint density at radius 2 is 1.58 bits per heavy atom. The molecule has 1 unspecified atom stereocenters. The Balaban J connectivity index is 1.52. The van der Waals surface area contributed by atoms with E-state index < -0.39 is 0 Å². The minimum absolute atomic E-state index is 0.00880. The van der Waals surface area contributed by atoms with Gasteiger partial charge in [0.1, 0.15) is 18.0 Å². The number of rotatable bonds is 7. The first-order valence-electron chi connectivity index (χ1n) is 11.0. The number of carbonyl (C=O) groups excluding carboxylic acids is 2. The van der Waals surface area contributed by atoms with Gasteiger partial charge in [-0.25, -0.2) is 0 Å². The molecule has 1 saturated heterocycles. The lowest BCUT2D eigenvalue weighted by Gasteiger charge is -2.24. The fourth-order valence-electron chi connectivity index (χ4n) is 3.69. The van der Waals surface area contributed by atoms with Crippen molar-refractivity contribution in [2.24, 2.45) is 5.73 Å². The molecule has 6 heteroatoms. The van der Waals surface area contributed by atoms with Crippen LogP contribution in [0.1, 0.15) is 12.0 Å². The van der Waals surface area contributed by atoms with Gasteiger partial charge in [0.05, 0.1) is 0 Å². The predicted octanol–water partition coefficient (Wildman–Crippen LogP) is 4.08. The van der Waals surface area contributed by atoms with Crippen molar-refractivity contribution in [2.75, 3.05) is 24.5 Å². The summed E-state index contributed by atoms with van der Waals surface area (Å²) in [6, 6.07) is 26.2. The molecule has 33 heavy (non-hydrogen) atoms. The summed E-state index contributed by atoms with van der Waals surface area (Å²) in [5.74, 6) is 0.986. The molecule has 0 radical (unpaired) electrons. The largest absolute Gasteiger partial charge is 0.457 e. The number of amides is 2. The number of nitrogens with zero attached hydrogens (tertiary/aromatic N) is 2. The van der Waals surface area contributed by atoms with Gasteiger partial charge in [-0.1, -0.05) is 48.5 Å². The zero-order chi connectivity index (χ0) is 23.0. The van der Waals surface area contributed by atoms with Crippen LogP contribution >= 0.6 is 0 Å². The van der Waals surface area contributed by atoms with Crippen LogP contribution in [0, 0.1) is 0 Å². The van der Waals surface area contributed by atoms with Gasteiger partial charge in [0, 0.05) is 30.9 Å². The maximum Gasteiger partial charge on any atom is 0.251 e. The van der Waals surface area contributed by atoms with Crippen LogP contribution in [0.4, 0.5) is 5.69 Å². The zero-order valence-electron chi connectivity index (χ0n) is 18.3. The lowest BCUT2D eigenvalue weighted by atomic mass is 10.2. The molecule has 1 fully saturated rings. The number of nitrogens with two attached hydrogens (primary N) is 1. The monoisotopic (exact) mass is 441 g/mol. The number of hydrogen-bond donors (Lipinski definition) is 1. The van der Waals surface area contributed by atoms with Crippen LogP contribution in [0.5, 0.6) is 11.5 Å². The first-order chi connectivity index (χ1) is 16.1. The van der Waals surface area contributed by atoms with Gasteiger partial charge >= 0.3 is 0 Å². The van der Waals surface area contributed by atoms with E-state index in [-0.39, 0.29) is 24.4 Å². The van der Waals surface area contributed by atoms with Crippen molar-refractivity contribution >= 4 is 23.6 Å². The van der Waals surface area contributed by atoms with Crippen LogP contribution in [-0.4, -0.2) is 42.4 Å². The summed E-state index contributed by atoms with van der Waals surface area (Å²) in [5, 5.41) is 0. The number of likely N-dealkylation sites (tertiary alicyclic amines) is 1. The van der Waals surface area contributed by atoms with E-state index in [9.17, 15) is 9.59 Å². The molecule has 0 aliphatic carbocycles. The van der Waals surface area contributed by atoms with E-state index in [0.29, 0.717) is 24.5 Å². The fraction of sp³-hybridized carbons (Fsp3) is 0.185. The van der Waals surface area contributed by atoms with E-state index in [2.05, 4.69) is 0 Å². The molecule has 0 saturated carbocycles. The molecule has 2 N–H and O–H groups in total. The van der Waals surface area contributed by atoms with Gasteiger partial charge in [-0.2, -0.15) is 0 Å². The molecule has 4 rings (SSSR count). The first kappa shape index (κ1) is 22.3. The fourth-order valence-corrected chi connectivity index (χ4v) is 3.69. The number of hydrogen-bond acceptors (Lipinski definition) is 4. The van der Waals surface area contributed by atoms with E-state index in [1.54, 1.807) is 35.2 Å². The Morgan fingerprint density at radius 3 is 2.21 bits per heavy atom. The van der Waals surface area contributed by atoms with Crippen molar-refractivity contribution in [3.8, 4) is 11.5 Å². The average Bonchev–Trinajstić information content (AvgIpc) is 3.29. The highest BCUT2D eigenvalue weighted by atomic mass is 16.5. The quantitative estimate of drug-likeness (QED) is 0.561. The topological polar surface area (TPSA) is 75.9 Å². The van der Waals surface area contributed by atoms with Gasteiger partial charge in [-0.05, 0) is 54.5 Å². The predicted molar refractivity (Wildman–Crippen MR) is 130 cm³/mol. The second-order valence-corrected chi connectivity index (χ2v) is 7.97. The van der Waals surface area contributed by atoms with Crippen LogP contribution in [0.2, 0.25) is 0 Å². The Morgan fingerprint density at radius 1 is 0.939 bits per heavy atom. The second kappa shape index (κ2) is 10.6. The second-order valence-electron chi connectivity index (χ2n) is 7.97. The lowest BCUT2D eigenvalue weighted by Crippen LogP contribution is -2.42. The standard InChI is InChI=1S/C27H27N3O3/c28-22-17-18-29(19-22)27(32)20-30(26(31)16-11-21-7-3-1-4-8-21)23-12-14-25(15-13-23)33-24-9-5-2-6-10-24/h1-16,22H,17-20,28H2. The Hall–Kier alpha value is -3.90. The molecule has 1 aliphatic heterocycles. The molecule has 0 spiro atoms. The van der Waals surface area contributed by atoms with Gasteiger partial charge in [0.2, 0.25) is 5.91 Å². The SMILES string of the molecule is NC1CCN(C(=O)CN(C(=O)C=Cc2ccccc2)c2ccc(Oc3ccccc3)cc2)C1. The molecule has 1 heterocycles. The summed E-state index contributed by atoms with van der Waals surface area (Å²) in [6.45, 7) is 1.08. The molecule has 1 atom stereocenters. The van der Waals surface area contributed by atoms with Crippen molar-refractivity contribution < 1.29 is 14.3 Å². The highest BCUT2D eigenvalue weighted by molar-refractivity contribution is 6.06. The lowest BCUT2D eigenvalue weighted by molar-refractivity contribution is -0.130.